The lowest BCUT2D eigenvalue weighted by atomic mass is 9.85. The first-order valence-corrected chi connectivity index (χ1v) is 6.58. The van der Waals surface area contributed by atoms with Crippen molar-refractivity contribution in [3.63, 3.8) is 0 Å². The van der Waals surface area contributed by atoms with Crippen molar-refractivity contribution >= 4 is 15.9 Å². The van der Waals surface area contributed by atoms with E-state index in [0.29, 0.717) is 5.92 Å². The molecule has 2 unspecified atom stereocenters. The summed E-state index contributed by atoms with van der Waals surface area (Å²) >= 11 is 3.49. The van der Waals surface area contributed by atoms with Crippen molar-refractivity contribution < 1.29 is 0 Å². The third-order valence-electron chi connectivity index (χ3n) is 2.95. The SMILES string of the molecule is CC(C)C(C#N)C(c1cccc(Br)c1)N(C)C. The molecule has 0 aliphatic rings. The van der Waals surface area contributed by atoms with E-state index in [2.05, 4.69) is 52.9 Å². The third-order valence-corrected chi connectivity index (χ3v) is 3.45. The van der Waals surface area contributed by atoms with E-state index in [0.717, 1.165) is 4.47 Å². The van der Waals surface area contributed by atoms with E-state index < -0.39 is 0 Å². The van der Waals surface area contributed by atoms with Gasteiger partial charge in [-0.25, -0.2) is 0 Å². The monoisotopic (exact) mass is 294 g/mol. The molecule has 0 radical (unpaired) electrons. The predicted octanol–water partition coefficient (Wildman–Crippen LogP) is 3.85. The van der Waals surface area contributed by atoms with Gasteiger partial charge in [-0.1, -0.05) is 41.9 Å². The summed E-state index contributed by atoms with van der Waals surface area (Å²) in [6, 6.07) is 10.8. The van der Waals surface area contributed by atoms with Gasteiger partial charge in [0.15, 0.2) is 0 Å². The van der Waals surface area contributed by atoms with Crippen molar-refractivity contribution in [1.29, 1.82) is 5.26 Å². The quantitative estimate of drug-likeness (QED) is 0.843. The lowest BCUT2D eigenvalue weighted by molar-refractivity contribution is 0.210. The molecule has 0 N–H and O–H groups in total. The first-order chi connectivity index (χ1) is 7.97. The van der Waals surface area contributed by atoms with Crippen molar-refractivity contribution in [3.8, 4) is 6.07 Å². The van der Waals surface area contributed by atoms with Crippen LogP contribution < -0.4 is 0 Å². The number of hydrogen-bond donors (Lipinski definition) is 0. The van der Waals surface area contributed by atoms with Crippen LogP contribution in [0.2, 0.25) is 0 Å². The molecule has 3 heteroatoms. The fourth-order valence-corrected chi connectivity index (χ4v) is 2.52. The number of hydrogen-bond acceptors (Lipinski definition) is 2. The third kappa shape index (κ3) is 3.55. The van der Waals surface area contributed by atoms with Gasteiger partial charge in [0.05, 0.1) is 18.0 Å². The van der Waals surface area contributed by atoms with Crippen LogP contribution in [-0.2, 0) is 0 Å². The second-order valence-corrected chi connectivity index (χ2v) is 5.78. The number of rotatable bonds is 4. The molecular formula is C14H19BrN2. The molecule has 0 aromatic heterocycles. The average molecular weight is 295 g/mol. The minimum absolute atomic E-state index is 0.000648. The smallest absolute Gasteiger partial charge is 0.0683 e. The van der Waals surface area contributed by atoms with E-state index in [1.807, 2.05) is 26.2 Å². The molecule has 17 heavy (non-hydrogen) atoms. The second kappa shape index (κ2) is 6.18. The first-order valence-electron chi connectivity index (χ1n) is 5.79. The Balaban J connectivity index is 3.14. The standard InChI is InChI=1S/C14H19BrN2/c1-10(2)13(9-16)14(17(3)4)11-6-5-7-12(15)8-11/h5-8,10,13-14H,1-4H3. The fraction of sp³-hybridized carbons (Fsp3) is 0.500. The molecule has 1 rings (SSSR count). The van der Waals surface area contributed by atoms with E-state index in [4.69, 9.17) is 0 Å². The van der Waals surface area contributed by atoms with Crippen molar-refractivity contribution in [2.24, 2.45) is 11.8 Å². The summed E-state index contributed by atoms with van der Waals surface area (Å²) in [6.45, 7) is 4.20. The maximum Gasteiger partial charge on any atom is 0.0683 e. The molecule has 0 fully saturated rings. The Hall–Kier alpha value is -0.850. The molecule has 2 atom stereocenters. The minimum Gasteiger partial charge on any atom is -0.301 e. The zero-order valence-corrected chi connectivity index (χ0v) is 12.4. The van der Waals surface area contributed by atoms with Crippen LogP contribution >= 0.6 is 15.9 Å². The number of nitrogens with zero attached hydrogens (tertiary/aromatic N) is 2. The van der Waals surface area contributed by atoms with Crippen molar-refractivity contribution in [2.45, 2.75) is 19.9 Å². The van der Waals surface area contributed by atoms with Crippen LogP contribution in [0.3, 0.4) is 0 Å². The maximum atomic E-state index is 9.36. The highest BCUT2D eigenvalue weighted by atomic mass is 79.9. The van der Waals surface area contributed by atoms with Crippen LogP contribution in [0.15, 0.2) is 28.7 Å². The van der Waals surface area contributed by atoms with E-state index in [1.165, 1.54) is 5.56 Å². The second-order valence-electron chi connectivity index (χ2n) is 4.86. The molecule has 1 aromatic carbocycles. The Morgan fingerprint density at radius 1 is 1.29 bits per heavy atom. The van der Waals surface area contributed by atoms with Crippen molar-refractivity contribution in [3.05, 3.63) is 34.3 Å². The Morgan fingerprint density at radius 2 is 1.94 bits per heavy atom. The first kappa shape index (κ1) is 14.2. The largest absolute Gasteiger partial charge is 0.301 e. The summed E-state index contributed by atoms with van der Waals surface area (Å²) in [5.41, 5.74) is 1.18. The van der Waals surface area contributed by atoms with Gasteiger partial charge in [-0.2, -0.15) is 5.26 Å². The summed E-state index contributed by atoms with van der Waals surface area (Å²) in [4.78, 5) is 2.12. The van der Waals surface area contributed by atoms with Crippen LogP contribution in [0, 0.1) is 23.2 Å². The van der Waals surface area contributed by atoms with Crippen LogP contribution in [0.5, 0.6) is 0 Å². The van der Waals surface area contributed by atoms with Gasteiger partial charge in [0.2, 0.25) is 0 Å². The number of halogens is 1. The summed E-state index contributed by atoms with van der Waals surface area (Å²) in [5.74, 6) is 0.339. The zero-order chi connectivity index (χ0) is 13.0. The van der Waals surface area contributed by atoms with Crippen LogP contribution in [-0.4, -0.2) is 19.0 Å². The van der Waals surface area contributed by atoms with Crippen molar-refractivity contribution in [1.82, 2.24) is 4.90 Å². The van der Waals surface area contributed by atoms with Crippen LogP contribution in [0.25, 0.3) is 0 Å². The molecule has 0 spiro atoms. The predicted molar refractivity (Wildman–Crippen MR) is 74.5 cm³/mol. The van der Waals surface area contributed by atoms with E-state index in [1.54, 1.807) is 0 Å². The lowest BCUT2D eigenvalue weighted by Crippen LogP contribution is -2.29. The van der Waals surface area contributed by atoms with Crippen LogP contribution in [0.4, 0.5) is 0 Å². The number of nitriles is 1. The molecule has 0 heterocycles. The molecule has 1 aromatic rings. The average Bonchev–Trinajstić information content (AvgIpc) is 2.24. The Bertz CT molecular complexity index is 407. The fourth-order valence-electron chi connectivity index (χ4n) is 2.10. The molecule has 2 nitrogen and oxygen atoms in total. The lowest BCUT2D eigenvalue weighted by Gasteiger charge is -2.31. The summed E-state index contributed by atoms with van der Waals surface area (Å²) in [7, 11) is 4.05. The molecule has 92 valence electrons. The molecule has 0 aliphatic heterocycles. The van der Waals surface area contributed by atoms with Crippen molar-refractivity contribution in [2.75, 3.05) is 14.1 Å². The van der Waals surface area contributed by atoms with E-state index >= 15 is 0 Å². The highest BCUT2D eigenvalue weighted by molar-refractivity contribution is 9.10. The Morgan fingerprint density at radius 3 is 2.35 bits per heavy atom. The highest BCUT2D eigenvalue weighted by Crippen LogP contribution is 2.32. The van der Waals surface area contributed by atoms with Gasteiger partial charge in [-0.3, -0.25) is 0 Å². The van der Waals surface area contributed by atoms with Gasteiger partial charge in [0.1, 0.15) is 0 Å². The maximum absolute atomic E-state index is 9.36. The van der Waals surface area contributed by atoms with Gasteiger partial charge in [0.25, 0.3) is 0 Å². The van der Waals surface area contributed by atoms with Gasteiger partial charge in [-0.05, 0) is 37.7 Å². The Kier molecular flexibility index (Phi) is 5.17. The molecule has 0 amide bonds. The van der Waals surface area contributed by atoms with Gasteiger partial charge in [0, 0.05) is 4.47 Å². The molecular weight excluding hydrogens is 276 g/mol. The normalized spacial score (nSPS) is 14.7. The zero-order valence-electron chi connectivity index (χ0n) is 10.8. The Labute approximate surface area is 112 Å². The summed E-state index contributed by atoms with van der Waals surface area (Å²) in [5, 5.41) is 9.36. The topological polar surface area (TPSA) is 27.0 Å². The van der Waals surface area contributed by atoms with Gasteiger partial charge >= 0.3 is 0 Å². The summed E-state index contributed by atoms with van der Waals surface area (Å²) in [6.07, 6.45) is 0. The summed E-state index contributed by atoms with van der Waals surface area (Å²) < 4.78 is 1.06. The van der Waals surface area contributed by atoms with Gasteiger partial charge in [-0.15, -0.1) is 0 Å². The van der Waals surface area contributed by atoms with E-state index in [-0.39, 0.29) is 12.0 Å². The molecule has 0 aliphatic carbocycles. The van der Waals surface area contributed by atoms with Crippen LogP contribution in [0.1, 0.15) is 25.5 Å². The molecule has 0 saturated heterocycles. The minimum atomic E-state index is -0.000648. The highest BCUT2D eigenvalue weighted by Gasteiger charge is 2.27. The molecule has 0 saturated carbocycles. The number of benzene rings is 1. The van der Waals surface area contributed by atoms with E-state index in [9.17, 15) is 5.26 Å². The van der Waals surface area contributed by atoms with Gasteiger partial charge < -0.3 is 4.90 Å². The molecule has 0 bridgehead atoms.